The van der Waals surface area contributed by atoms with Crippen LogP contribution in [0.1, 0.15) is 6.92 Å². The van der Waals surface area contributed by atoms with Crippen molar-refractivity contribution >= 4 is 55.5 Å². The van der Waals surface area contributed by atoms with Gasteiger partial charge in [-0.1, -0.05) is 44.5 Å². The highest BCUT2D eigenvalue weighted by Crippen LogP contribution is 2.15. The zero-order valence-corrected chi connectivity index (χ0v) is 12.8. The van der Waals surface area contributed by atoms with E-state index in [0.717, 1.165) is 8.96 Å². The quantitative estimate of drug-likeness (QED) is 0.773. The highest BCUT2D eigenvalue weighted by molar-refractivity contribution is 9.11. The zero-order valence-electron chi connectivity index (χ0n) is 9.67. The molecule has 0 fully saturated rings. The summed E-state index contributed by atoms with van der Waals surface area (Å²) in [6.45, 7) is 5.67. The number of hydrogen-bond donors (Lipinski definition) is 0. The molecule has 18 heavy (non-hydrogen) atoms. The van der Waals surface area contributed by atoms with E-state index in [1.807, 2.05) is 13.0 Å². The lowest BCUT2D eigenvalue weighted by Crippen LogP contribution is -2.37. The maximum absolute atomic E-state index is 12.3. The second kappa shape index (κ2) is 5.24. The smallest absolute Gasteiger partial charge is 0.200 e. The number of allylic oxidation sites excluding steroid dienone is 2. The van der Waals surface area contributed by atoms with Gasteiger partial charge in [0, 0.05) is 4.47 Å². The molecule has 0 atom stereocenters. The summed E-state index contributed by atoms with van der Waals surface area (Å²) in [5.74, 6) is 0. The van der Waals surface area contributed by atoms with Crippen LogP contribution in [-0.4, -0.2) is 0 Å². The van der Waals surface area contributed by atoms with Crippen LogP contribution in [0.5, 0.6) is 0 Å². The van der Waals surface area contributed by atoms with Gasteiger partial charge in [0.2, 0.25) is 5.43 Å². The molecular weight excluding hydrogens is 360 g/mol. The van der Waals surface area contributed by atoms with Crippen molar-refractivity contribution in [2.75, 3.05) is 0 Å². The minimum absolute atomic E-state index is 0.0706. The summed E-state index contributed by atoms with van der Waals surface area (Å²) in [6.07, 6.45) is 3.51. The summed E-state index contributed by atoms with van der Waals surface area (Å²) in [6, 6.07) is 5.32. The van der Waals surface area contributed by atoms with Gasteiger partial charge in [-0.05, 0) is 35.7 Å². The van der Waals surface area contributed by atoms with Crippen LogP contribution in [0.25, 0.3) is 23.6 Å². The molecule has 4 heteroatoms. The molecule has 0 aliphatic carbocycles. The third-order valence-corrected chi connectivity index (χ3v) is 3.20. The van der Waals surface area contributed by atoms with Gasteiger partial charge in [-0.2, -0.15) is 0 Å². The normalized spacial score (nSPS) is 13.3. The zero-order chi connectivity index (χ0) is 13.3. The van der Waals surface area contributed by atoms with Crippen molar-refractivity contribution in [3.63, 3.8) is 0 Å². The van der Waals surface area contributed by atoms with Gasteiger partial charge in [0.25, 0.3) is 0 Å². The molecule has 0 radical (unpaired) electrons. The van der Waals surface area contributed by atoms with E-state index in [2.05, 4.69) is 38.4 Å². The highest BCUT2D eigenvalue weighted by atomic mass is 79.9. The van der Waals surface area contributed by atoms with Crippen LogP contribution in [0.15, 0.2) is 42.4 Å². The van der Waals surface area contributed by atoms with Crippen molar-refractivity contribution in [2.45, 2.75) is 6.92 Å². The molecule has 2 rings (SSSR count). The lowest BCUT2D eigenvalue weighted by Gasteiger charge is -1.97. The van der Waals surface area contributed by atoms with Crippen molar-refractivity contribution in [3.05, 3.63) is 54.1 Å². The maximum Gasteiger partial charge on any atom is 0.200 e. The van der Waals surface area contributed by atoms with E-state index < -0.39 is 0 Å². The van der Waals surface area contributed by atoms with Crippen LogP contribution in [0.2, 0.25) is 0 Å². The summed E-state index contributed by atoms with van der Waals surface area (Å²) in [4.78, 5) is 12.3. The van der Waals surface area contributed by atoms with E-state index in [0.29, 0.717) is 21.6 Å². The summed E-state index contributed by atoms with van der Waals surface area (Å²) >= 11 is 6.65. The van der Waals surface area contributed by atoms with Crippen LogP contribution in [0.3, 0.4) is 0 Å². The molecule has 2 aromatic rings. The molecule has 1 heterocycles. The predicted octanol–water partition coefficient (Wildman–Crippen LogP) is 3.05. The van der Waals surface area contributed by atoms with Crippen LogP contribution in [0.4, 0.5) is 0 Å². The lowest BCUT2D eigenvalue weighted by atomic mass is 10.2. The molecule has 0 aliphatic heterocycles. The molecule has 0 aliphatic rings. The van der Waals surface area contributed by atoms with Crippen molar-refractivity contribution in [1.82, 2.24) is 0 Å². The summed E-state index contributed by atoms with van der Waals surface area (Å²) in [5, 5.41) is 1.03. The molecule has 0 bridgehead atoms. The minimum Gasteiger partial charge on any atom is -0.456 e. The molecule has 1 aromatic heterocycles. The van der Waals surface area contributed by atoms with E-state index in [9.17, 15) is 4.79 Å². The monoisotopic (exact) mass is 368 g/mol. The second-order valence-corrected chi connectivity index (χ2v) is 6.00. The van der Waals surface area contributed by atoms with Gasteiger partial charge in [-0.25, -0.2) is 0 Å². The van der Waals surface area contributed by atoms with E-state index in [1.165, 1.54) is 0 Å². The Kier molecular flexibility index (Phi) is 3.88. The summed E-state index contributed by atoms with van der Waals surface area (Å²) < 4.78 is 7.36. The van der Waals surface area contributed by atoms with Crippen molar-refractivity contribution in [2.24, 2.45) is 0 Å². The molecule has 0 unspecified atom stereocenters. The third-order valence-electron chi connectivity index (χ3n) is 2.45. The first-order valence-corrected chi connectivity index (χ1v) is 6.83. The van der Waals surface area contributed by atoms with Crippen molar-refractivity contribution in [3.8, 4) is 0 Å². The fraction of sp³-hybridized carbons (Fsp3) is 0.0714. The van der Waals surface area contributed by atoms with Crippen LogP contribution in [0, 0.1) is 0 Å². The van der Waals surface area contributed by atoms with Crippen LogP contribution >= 0.6 is 31.9 Å². The molecule has 0 N–H and O–H groups in total. The number of fused-ring (bicyclic) bond motifs is 1. The van der Waals surface area contributed by atoms with E-state index in [-0.39, 0.29) is 5.43 Å². The third kappa shape index (κ3) is 2.65. The van der Waals surface area contributed by atoms with Gasteiger partial charge in [-0.15, -0.1) is 0 Å². The summed E-state index contributed by atoms with van der Waals surface area (Å²) in [7, 11) is 0. The van der Waals surface area contributed by atoms with Gasteiger partial charge >= 0.3 is 0 Å². The van der Waals surface area contributed by atoms with Crippen molar-refractivity contribution < 1.29 is 4.42 Å². The Morgan fingerprint density at radius 3 is 2.83 bits per heavy atom. The number of halogens is 2. The van der Waals surface area contributed by atoms with Gasteiger partial charge in [-0.3, -0.25) is 4.79 Å². The summed E-state index contributed by atoms with van der Waals surface area (Å²) in [5.41, 5.74) is 0.838. The Labute approximate surface area is 121 Å². The lowest BCUT2D eigenvalue weighted by molar-refractivity contribution is 0.560. The molecular formula is C14H10Br2O2. The molecule has 92 valence electrons. The van der Waals surface area contributed by atoms with E-state index >= 15 is 0 Å². The average Bonchev–Trinajstić information content (AvgIpc) is 2.27. The standard InChI is InChI=1S/C14H10Br2O2/c1-8(15)3-5-11-9(2)18-13-7-10(16)4-6-12(13)14(11)17/h3-7H,2H2,1H3/b8-3+,11-5+. The molecule has 0 saturated carbocycles. The van der Waals surface area contributed by atoms with Gasteiger partial charge < -0.3 is 4.42 Å². The molecule has 0 amide bonds. The Bertz CT molecular complexity index is 797. The molecule has 0 spiro atoms. The van der Waals surface area contributed by atoms with Crippen molar-refractivity contribution in [1.29, 1.82) is 0 Å². The topological polar surface area (TPSA) is 30.2 Å². The van der Waals surface area contributed by atoms with Gasteiger partial charge in [0.15, 0.2) is 0 Å². The molecule has 2 nitrogen and oxygen atoms in total. The van der Waals surface area contributed by atoms with Crippen LogP contribution < -0.4 is 16.1 Å². The Hall–Kier alpha value is -1.13. The second-order valence-electron chi connectivity index (χ2n) is 3.83. The van der Waals surface area contributed by atoms with E-state index in [1.54, 1.807) is 24.3 Å². The predicted molar refractivity (Wildman–Crippen MR) is 82.1 cm³/mol. The largest absolute Gasteiger partial charge is 0.456 e. The first-order valence-electron chi connectivity index (χ1n) is 5.24. The Morgan fingerprint density at radius 1 is 1.44 bits per heavy atom. The average molecular weight is 370 g/mol. The molecule has 0 saturated heterocycles. The first-order chi connectivity index (χ1) is 8.49. The Morgan fingerprint density at radius 2 is 2.17 bits per heavy atom. The maximum atomic E-state index is 12.3. The number of benzene rings is 1. The number of rotatable bonds is 1. The fourth-order valence-electron chi connectivity index (χ4n) is 1.59. The van der Waals surface area contributed by atoms with E-state index in [4.69, 9.17) is 4.42 Å². The Balaban J connectivity index is 2.91. The fourth-order valence-corrected chi connectivity index (χ4v) is 2.07. The SMILES string of the molecule is C=c1oc2cc(Br)ccc2c(=O)/c1=C/C=C(\C)Br. The van der Waals surface area contributed by atoms with Gasteiger partial charge in [0.1, 0.15) is 11.0 Å². The van der Waals surface area contributed by atoms with Gasteiger partial charge in [0.05, 0.1) is 10.6 Å². The first kappa shape index (κ1) is 13.3. The molecule has 1 aromatic carbocycles. The van der Waals surface area contributed by atoms with Crippen LogP contribution in [-0.2, 0) is 0 Å². The highest BCUT2D eigenvalue weighted by Gasteiger charge is 2.03. The number of hydrogen-bond acceptors (Lipinski definition) is 2. The minimum atomic E-state index is -0.0706.